The second-order valence-electron chi connectivity index (χ2n) is 11.7. The molecule has 198 valence electrons. The number of rotatable bonds is 5. The van der Waals surface area contributed by atoms with Crippen LogP contribution in [-0.4, -0.2) is 74.3 Å². The van der Waals surface area contributed by atoms with Gasteiger partial charge >= 0.3 is 0 Å². The highest BCUT2D eigenvalue weighted by Crippen LogP contribution is 2.44. The molecule has 7 nitrogen and oxygen atoms in total. The summed E-state index contributed by atoms with van der Waals surface area (Å²) in [6, 6.07) is 12.5. The summed E-state index contributed by atoms with van der Waals surface area (Å²) in [5.74, 6) is 2.44. The molecule has 3 saturated heterocycles. The van der Waals surface area contributed by atoms with Crippen molar-refractivity contribution >= 4 is 11.8 Å². The van der Waals surface area contributed by atoms with Crippen molar-refractivity contribution < 1.29 is 9.59 Å². The molecule has 1 aromatic heterocycles. The molecule has 3 fully saturated rings. The van der Waals surface area contributed by atoms with E-state index in [1.807, 2.05) is 11.8 Å². The van der Waals surface area contributed by atoms with Crippen molar-refractivity contribution in [3.8, 4) is 0 Å². The average molecular weight is 504 g/mol. The first-order valence-corrected chi connectivity index (χ1v) is 14.3. The van der Waals surface area contributed by atoms with Crippen LogP contribution in [0.25, 0.3) is 0 Å². The van der Waals surface area contributed by atoms with Crippen LogP contribution in [0.1, 0.15) is 80.7 Å². The van der Waals surface area contributed by atoms with E-state index in [0.717, 1.165) is 44.1 Å². The quantitative estimate of drug-likeness (QED) is 0.621. The minimum atomic E-state index is 0.199. The molecule has 5 heterocycles. The molecule has 6 rings (SSSR count). The highest BCUT2D eigenvalue weighted by Gasteiger charge is 2.45. The summed E-state index contributed by atoms with van der Waals surface area (Å²) in [5, 5.41) is 0. The van der Waals surface area contributed by atoms with Crippen molar-refractivity contribution in [3.63, 3.8) is 0 Å². The van der Waals surface area contributed by atoms with E-state index in [9.17, 15) is 9.59 Å². The fraction of sp³-hybridized carbons (Fsp3) is 0.633. The third-order valence-electron chi connectivity index (χ3n) is 9.67. The lowest BCUT2D eigenvalue weighted by molar-refractivity contribution is -0.132. The third-order valence-corrected chi connectivity index (χ3v) is 9.67. The molecule has 37 heavy (non-hydrogen) atoms. The number of aryl methyl sites for hydroxylation is 1. The number of piperidine rings is 1. The number of likely N-dealkylation sites (tertiary alicyclic amines) is 1. The molecule has 0 radical (unpaired) electrons. The summed E-state index contributed by atoms with van der Waals surface area (Å²) >= 11 is 0. The second-order valence-corrected chi connectivity index (χ2v) is 11.7. The van der Waals surface area contributed by atoms with Crippen LogP contribution in [0.4, 0.5) is 0 Å². The van der Waals surface area contributed by atoms with Gasteiger partial charge in [-0.2, -0.15) is 0 Å². The Hall–Kier alpha value is -2.67. The number of imidazole rings is 1. The van der Waals surface area contributed by atoms with Gasteiger partial charge in [0.1, 0.15) is 5.82 Å². The normalized spacial score (nSPS) is 29.5. The Kier molecular flexibility index (Phi) is 6.59. The molecule has 2 amide bonds. The molecule has 2 bridgehead atoms. The van der Waals surface area contributed by atoms with Gasteiger partial charge in [0.25, 0.3) is 0 Å². The molecule has 7 heteroatoms. The van der Waals surface area contributed by atoms with Crippen LogP contribution in [0.2, 0.25) is 0 Å². The Morgan fingerprint density at radius 2 is 1.73 bits per heavy atom. The predicted octanol–water partition coefficient (Wildman–Crippen LogP) is 3.92. The second kappa shape index (κ2) is 9.90. The fourth-order valence-corrected chi connectivity index (χ4v) is 7.88. The maximum absolute atomic E-state index is 12.3. The smallest absolute Gasteiger partial charge is 0.222 e. The van der Waals surface area contributed by atoms with Crippen molar-refractivity contribution in [2.75, 3.05) is 26.2 Å². The molecule has 0 spiro atoms. The summed E-state index contributed by atoms with van der Waals surface area (Å²) in [6.45, 7) is 10.1. The van der Waals surface area contributed by atoms with Gasteiger partial charge in [-0.15, -0.1) is 0 Å². The molecule has 1 aromatic carbocycles. The van der Waals surface area contributed by atoms with Crippen LogP contribution in [0.5, 0.6) is 0 Å². The lowest BCUT2D eigenvalue weighted by Gasteiger charge is -2.42. The van der Waals surface area contributed by atoms with Crippen molar-refractivity contribution in [2.45, 2.75) is 89.9 Å². The maximum atomic E-state index is 12.3. The molecule has 0 N–H and O–H groups in total. The van der Waals surface area contributed by atoms with Crippen LogP contribution >= 0.6 is 0 Å². The van der Waals surface area contributed by atoms with Crippen LogP contribution in [-0.2, 0) is 22.6 Å². The number of carbonyl (C=O) groups is 2. The van der Waals surface area contributed by atoms with Gasteiger partial charge in [-0.3, -0.25) is 14.5 Å². The summed E-state index contributed by atoms with van der Waals surface area (Å²) in [5.41, 5.74) is 3.85. The monoisotopic (exact) mass is 503 g/mol. The Balaban J connectivity index is 1.18. The summed E-state index contributed by atoms with van der Waals surface area (Å²) in [7, 11) is 0. The van der Waals surface area contributed by atoms with Crippen LogP contribution in [0, 0.1) is 12.8 Å². The number of nitrogens with zero attached hydrogens (tertiary/aromatic N) is 5. The van der Waals surface area contributed by atoms with E-state index in [2.05, 4.69) is 51.6 Å². The number of benzene rings is 1. The van der Waals surface area contributed by atoms with E-state index in [0.29, 0.717) is 42.9 Å². The van der Waals surface area contributed by atoms with Gasteiger partial charge in [-0.1, -0.05) is 37.3 Å². The first kappa shape index (κ1) is 24.7. The van der Waals surface area contributed by atoms with Gasteiger partial charge in [-0.25, -0.2) is 4.98 Å². The molecule has 5 atom stereocenters. The highest BCUT2D eigenvalue weighted by molar-refractivity contribution is 5.76. The predicted molar refractivity (Wildman–Crippen MR) is 143 cm³/mol. The molecule has 0 aliphatic carbocycles. The van der Waals surface area contributed by atoms with E-state index in [1.165, 1.54) is 36.9 Å². The van der Waals surface area contributed by atoms with Crippen molar-refractivity contribution in [2.24, 2.45) is 5.92 Å². The largest absolute Gasteiger partial charge is 0.342 e. The van der Waals surface area contributed by atoms with E-state index >= 15 is 0 Å². The molecule has 4 aliphatic rings. The number of aromatic nitrogens is 2. The zero-order chi connectivity index (χ0) is 25.7. The summed E-state index contributed by atoms with van der Waals surface area (Å²) in [6.07, 6.45) is 6.38. The zero-order valence-corrected chi connectivity index (χ0v) is 22.6. The van der Waals surface area contributed by atoms with Gasteiger partial charge in [0.15, 0.2) is 0 Å². The minimum Gasteiger partial charge on any atom is -0.342 e. The van der Waals surface area contributed by atoms with Crippen molar-refractivity contribution in [3.05, 3.63) is 53.1 Å². The van der Waals surface area contributed by atoms with E-state index < -0.39 is 0 Å². The lowest BCUT2D eigenvalue weighted by atomic mass is 9.87. The van der Waals surface area contributed by atoms with Crippen molar-refractivity contribution in [1.82, 2.24) is 24.3 Å². The average Bonchev–Trinajstić information content (AvgIpc) is 3.54. The van der Waals surface area contributed by atoms with E-state index in [-0.39, 0.29) is 11.8 Å². The van der Waals surface area contributed by atoms with E-state index in [1.54, 1.807) is 6.92 Å². The highest BCUT2D eigenvalue weighted by atomic mass is 16.2. The van der Waals surface area contributed by atoms with Crippen LogP contribution in [0.15, 0.2) is 30.3 Å². The van der Waals surface area contributed by atoms with Gasteiger partial charge < -0.3 is 14.4 Å². The van der Waals surface area contributed by atoms with E-state index in [4.69, 9.17) is 4.98 Å². The first-order valence-electron chi connectivity index (χ1n) is 14.3. The third kappa shape index (κ3) is 4.49. The van der Waals surface area contributed by atoms with Gasteiger partial charge in [0.05, 0.1) is 12.2 Å². The summed E-state index contributed by atoms with van der Waals surface area (Å²) < 4.78 is 2.55. The molecular formula is C30H41N5O2. The number of hydrogen-bond donors (Lipinski definition) is 0. The lowest BCUT2D eigenvalue weighted by Crippen LogP contribution is -2.47. The maximum Gasteiger partial charge on any atom is 0.222 e. The van der Waals surface area contributed by atoms with Gasteiger partial charge in [0, 0.05) is 75.7 Å². The molecule has 4 aliphatic heterocycles. The Bertz CT molecular complexity index is 1150. The number of carbonyl (C=O) groups excluding carboxylic acids is 2. The molecular weight excluding hydrogens is 462 g/mol. The minimum absolute atomic E-state index is 0.199. The Morgan fingerprint density at radius 1 is 1.00 bits per heavy atom. The van der Waals surface area contributed by atoms with Gasteiger partial charge in [-0.05, 0) is 44.1 Å². The van der Waals surface area contributed by atoms with Gasteiger partial charge in [0.2, 0.25) is 11.8 Å². The number of hydrogen-bond acceptors (Lipinski definition) is 4. The summed E-state index contributed by atoms with van der Waals surface area (Å²) in [4.78, 5) is 36.4. The zero-order valence-electron chi connectivity index (χ0n) is 22.6. The van der Waals surface area contributed by atoms with Crippen LogP contribution < -0.4 is 0 Å². The molecule has 2 aromatic rings. The molecule has 1 unspecified atom stereocenters. The number of amides is 2. The van der Waals surface area contributed by atoms with Crippen molar-refractivity contribution in [1.29, 1.82) is 0 Å². The van der Waals surface area contributed by atoms with Crippen LogP contribution in [0.3, 0.4) is 0 Å². The Labute approximate surface area is 220 Å². The molecule has 0 saturated carbocycles. The first-order chi connectivity index (χ1) is 17.9. The standard InChI is InChI=1S/C30H41N5O2/c1-4-30(37)32-13-12-29-28(19-32)31-20(2)35(29)26-14-24-10-11-25(15-26)34(24)17-23-16-33(21(3)36)18-27(23)22-8-6-5-7-9-22/h5-9,23-27H,4,10-19H2,1-3H3/t23-,24-,25+,26?,27-/m1/s1. The fourth-order valence-electron chi connectivity index (χ4n) is 7.88. The number of fused-ring (bicyclic) bond motifs is 3. The topological polar surface area (TPSA) is 61.7 Å². The Morgan fingerprint density at radius 3 is 2.41 bits per heavy atom. The SMILES string of the molecule is CCC(=O)N1CCc2c(nc(C)n2C2C[C@H]3CC[C@@H](C2)N3C[C@H]2CN(C(C)=O)C[C@@H]2c2ccccc2)C1.